The van der Waals surface area contributed by atoms with E-state index >= 15 is 0 Å². The fourth-order valence-corrected chi connectivity index (χ4v) is 4.35. The number of esters is 2. The van der Waals surface area contributed by atoms with E-state index in [4.69, 9.17) is 9.47 Å². The number of rotatable bonds is 9. The van der Waals surface area contributed by atoms with Crippen molar-refractivity contribution in [2.75, 3.05) is 19.8 Å². The average Bonchev–Trinajstić information content (AvgIpc) is 2.94. The van der Waals surface area contributed by atoms with Crippen molar-refractivity contribution in [3.63, 3.8) is 0 Å². The normalized spacial score (nSPS) is 21.8. The molecule has 3 rings (SSSR count). The molecule has 1 N–H and O–H groups in total. The van der Waals surface area contributed by atoms with Gasteiger partial charge in [-0.15, -0.1) is 0 Å². The number of amides is 2. The monoisotopic (exact) mass is 459 g/mol. The number of aryl methyl sites for hydroxylation is 1. The van der Waals surface area contributed by atoms with Gasteiger partial charge in [-0.25, -0.2) is 9.80 Å². The van der Waals surface area contributed by atoms with Crippen molar-refractivity contribution in [2.45, 2.75) is 70.5 Å². The van der Waals surface area contributed by atoms with E-state index in [9.17, 15) is 19.2 Å². The molecule has 9 heteroatoms. The van der Waals surface area contributed by atoms with Gasteiger partial charge < -0.3 is 9.47 Å². The van der Waals surface area contributed by atoms with Gasteiger partial charge >= 0.3 is 11.9 Å². The van der Waals surface area contributed by atoms with Crippen LogP contribution in [-0.4, -0.2) is 71.7 Å². The Labute approximate surface area is 194 Å². The van der Waals surface area contributed by atoms with Gasteiger partial charge in [0.05, 0.1) is 19.3 Å². The van der Waals surface area contributed by atoms with Crippen molar-refractivity contribution < 1.29 is 28.7 Å². The zero-order chi connectivity index (χ0) is 23.8. The minimum Gasteiger partial charge on any atom is -0.465 e. The molecule has 2 amide bonds. The molecule has 3 atom stereocenters. The van der Waals surface area contributed by atoms with Gasteiger partial charge in [-0.3, -0.25) is 24.7 Å². The quantitative estimate of drug-likeness (QED) is 0.559. The first kappa shape index (κ1) is 24.7. The van der Waals surface area contributed by atoms with E-state index in [1.807, 2.05) is 30.3 Å². The van der Waals surface area contributed by atoms with Gasteiger partial charge in [0.1, 0.15) is 6.04 Å². The van der Waals surface area contributed by atoms with Crippen molar-refractivity contribution in [1.29, 1.82) is 0 Å². The van der Waals surface area contributed by atoms with Gasteiger partial charge in [-0.05, 0) is 51.5 Å². The molecule has 2 saturated heterocycles. The van der Waals surface area contributed by atoms with Crippen LogP contribution in [0.2, 0.25) is 0 Å². The molecule has 2 heterocycles. The number of benzene rings is 1. The topological polar surface area (TPSA) is 105 Å². The molecular formula is C24H33N3O6. The van der Waals surface area contributed by atoms with E-state index in [1.54, 1.807) is 13.8 Å². The van der Waals surface area contributed by atoms with Crippen LogP contribution in [-0.2, 0) is 35.1 Å². The summed E-state index contributed by atoms with van der Waals surface area (Å²) in [5.74, 6) is -1.56. The molecule has 2 aliphatic heterocycles. The Morgan fingerprint density at radius 3 is 2.52 bits per heavy atom. The van der Waals surface area contributed by atoms with E-state index in [0.717, 1.165) is 5.56 Å². The summed E-state index contributed by atoms with van der Waals surface area (Å²) in [7, 11) is 0. The number of carbonyl (C=O) groups is 4. The maximum Gasteiger partial charge on any atom is 0.330 e. The Balaban J connectivity index is 1.79. The second kappa shape index (κ2) is 11.8. The number of hydrogen-bond acceptors (Lipinski definition) is 7. The third kappa shape index (κ3) is 6.10. The molecule has 2 fully saturated rings. The van der Waals surface area contributed by atoms with Gasteiger partial charge in [0.25, 0.3) is 5.91 Å². The fourth-order valence-electron chi connectivity index (χ4n) is 4.35. The third-order valence-corrected chi connectivity index (χ3v) is 5.96. The Morgan fingerprint density at radius 1 is 1.09 bits per heavy atom. The minimum atomic E-state index is -0.845. The van der Waals surface area contributed by atoms with Gasteiger partial charge in [0, 0.05) is 13.0 Å². The molecule has 2 aliphatic rings. The first-order chi connectivity index (χ1) is 16.0. The molecule has 0 radical (unpaired) electrons. The third-order valence-electron chi connectivity index (χ3n) is 5.96. The predicted molar refractivity (Wildman–Crippen MR) is 120 cm³/mol. The number of ether oxygens (including phenoxy) is 2. The van der Waals surface area contributed by atoms with E-state index in [-0.39, 0.29) is 32.0 Å². The molecule has 0 bridgehead atoms. The molecule has 1 aromatic carbocycles. The molecule has 0 unspecified atom stereocenters. The van der Waals surface area contributed by atoms with Crippen LogP contribution >= 0.6 is 0 Å². The predicted octanol–water partition coefficient (Wildman–Crippen LogP) is 1.60. The summed E-state index contributed by atoms with van der Waals surface area (Å²) in [6.07, 6.45) is 2.48. The number of nitrogens with one attached hydrogen (secondary N) is 1. The van der Waals surface area contributed by atoms with Crippen LogP contribution in [0.25, 0.3) is 0 Å². The zero-order valence-corrected chi connectivity index (χ0v) is 19.3. The molecule has 9 nitrogen and oxygen atoms in total. The zero-order valence-electron chi connectivity index (χ0n) is 19.3. The highest BCUT2D eigenvalue weighted by Crippen LogP contribution is 2.26. The van der Waals surface area contributed by atoms with Gasteiger partial charge in [-0.1, -0.05) is 30.3 Å². The smallest absolute Gasteiger partial charge is 0.330 e. The Morgan fingerprint density at radius 2 is 1.82 bits per heavy atom. The number of hydrogen-bond donors (Lipinski definition) is 1. The van der Waals surface area contributed by atoms with Gasteiger partial charge in [-0.2, -0.15) is 0 Å². The highest BCUT2D eigenvalue weighted by atomic mass is 16.5. The summed E-state index contributed by atoms with van der Waals surface area (Å²) in [5, 5.41) is 5.78. The molecule has 0 aromatic heterocycles. The summed E-state index contributed by atoms with van der Waals surface area (Å²) < 4.78 is 10.4. The van der Waals surface area contributed by atoms with E-state index < -0.39 is 36.0 Å². The molecular weight excluding hydrogens is 426 g/mol. The molecule has 33 heavy (non-hydrogen) atoms. The lowest BCUT2D eigenvalue weighted by Gasteiger charge is -2.42. The summed E-state index contributed by atoms with van der Waals surface area (Å²) in [6.45, 7) is 4.23. The van der Waals surface area contributed by atoms with Crippen LogP contribution in [0.4, 0.5) is 0 Å². The van der Waals surface area contributed by atoms with Crippen LogP contribution in [0, 0.1) is 0 Å². The number of nitrogens with zero attached hydrogens (tertiary/aromatic N) is 2. The molecule has 1 aromatic rings. The van der Waals surface area contributed by atoms with E-state index in [1.165, 1.54) is 10.0 Å². The van der Waals surface area contributed by atoms with E-state index in [2.05, 4.69) is 5.32 Å². The second-order valence-electron chi connectivity index (χ2n) is 8.20. The van der Waals surface area contributed by atoms with Crippen molar-refractivity contribution >= 4 is 23.8 Å². The lowest BCUT2D eigenvalue weighted by molar-refractivity contribution is -0.183. The second-order valence-corrected chi connectivity index (χ2v) is 8.20. The van der Waals surface area contributed by atoms with Gasteiger partial charge in [0.15, 0.2) is 6.04 Å². The van der Waals surface area contributed by atoms with Crippen molar-refractivity contribution in [3.05, 3.63) is 35.9 Å². The van der Waals surface area contributed by atoms with Crippen LogP contribution in [0.3, 0.4) is 0 Å². The lowest BCUT2D eigenvalue weighted by atomic mass is 10.0. The van der Waals surface area contributed by atoms with Crippen molar-refractivity contribution in [1.82, 2.24) is 15.3 Å². The fraction of sp³-hybridized carbons (Fsp3) is 0.583. The average molecular weight is 460 g/mol. The molecule has 0 spiro atoms. The number of fused-ring (bicyclic) bond motifs is 1. The molecule has 180 valence electrons. The summed E-state index contributed by atoms with van der Waals surface area (Å²) in [5.41, 5.74) is 1.07. The van der Waals surface area contributed by atoms with Crippen LogP contribution in [0.15, 0.2) is 30.3 Å². The molecule has 0 aliphatic carbocycles. The standard InChI is InChI=1S/C24H33N3O6/c1-3-32-23(30)19(13-12-17-9-6-5-7-10-17)25-18-14-15-21(28)26-16-8-11-20(24(31)33-4-2)27(26)22(18)29/h5-7,9-10,18-20,25H,3-4,8,11-16H2,1-2H3/t18-,19-,20-/m0/s1. The van der Waals surface area contributed by atoms with Gasteiger partial charge in [0.2, 0.25) is 5.91 Å². The number of carbonyl (C=O) groups excluding carboxylic acids is 4. The van der Waals surface area contributed by atoms with Crippen LogP contribution < -0.4 is 5.32 Å². The minimum absolute atomic E-state index is 0.143. The highest BCUT2D eigenvalue weighted by Gasteiger charge is 2.45. The lowest BCUT2D eigenvalue weighted by Crippen LogP contribution is -2.63. The first-order valence-corrected chi connectivity index (χ1v) is 11.7. The first-order valence-electron chi connectivity index (χ1n) is 11.7. The SMILES string of the molecule is CCOC(=O)[C@H](CCc1ccccc1)N[C@H]1CCC(=O)N2CCC[C@@H](C(=O)OCC)N2C1=O. The Hall–Kier alpha value is -2.94. The Kier molecular flexibility index (Phi) is 8.82. The Bertz CT molecular complexity index is 846. The van der Waals surface area contributed by atoms with Crippen LogP contribution in [0.1, 0.15) is 51.5 Å². The summed E-state index contributed by atoms with van der Waals surface area (Å²) in [6, 6.07) is 7.40. The maximum atomic E-state index is 13.5. The summed E-state index contributed by atoms with van der Waals surface area (Å²) >= 11 is 0. The van der Waals surface area contributed by atoms with Crippen LogP contribution in [0.5, 0.6) is 0 Å². The highest BCUT2D eigenvalue weighted by molar-refractivity contribution is 5.92. The van der Waals surface area contributed by atoms with Crippen molar-refractivity contribution in [2.24, 2.45) is 0 Å². The molecule has 0 saturated carbocycles. The van der Waals surface area contributed by atoms with E-state index in [0.29, 0.717) is 32.2 Å². The number of hydrazine groups is 1. The van der Waals surface area contributed by atoms with Crippen molar-refractivity contribution in [3.8, 4) is 0 Å². The summed E-state index contributed by atoms with van der Waals surface area (Å²) in [4.78, 5) is 51.5. The largest absolute Gasteiger partial charge is 0.465 e. The maximum absolute atomic E-state index is 13.5.